The number of aliphatic hydroxyl groups is 2. The molecule has 2 aromatic carbocycles. The van der Waals surface area contributed by atoms with Gasteiger partial charge in [0.2, 0.25) is 5.91 Å². The Bertz CT molecular complexity index is 749. The minimum atomic E-state index is -1.06. The van der Waals surface area contributed by atoms with Gasteiger partial charge in [0.25, 0.3) is 0 Å². The van der Waals surface area contributed by atoms with Crippen LogP contribution in [0.25, 0.3) is 0 Å². The molecule has 2 aromatic rings. The summed E-state index contributed by atoms with van der Waals surface area (Å²) in [4.78, 5) is 14.6. The van der Waals surface area contributed by atoms with Gasteiger partial charge in [-0.05, 0) is 30.9 Å². The second kappa shape index (κ2) is 9.02. The van der Waals surface area contributed by atoms with E-state index in [-0.39, 0.29) is 18.9 Å². The maximum absolute atomic E-state index is 12.8. The summed E-state index contributed by atoms with van der Waals surface area (Å²) in [6.45, 7) is 1.27. The van der Waals surface area contributed by atoms with Crippen molar-refractivity contribution in [1.82, 2.24) is 4.90 Å². The van der Waals surface area contributed by atoms with E-state index in [0.29, 0.717) is 39.0 Å². The van der Waals surface area contributed by atoms with Crippen LogP contribution in [0.1, 0.15) is 30.4 Å². The summed E-state index contributed by atoms with van der Waals surface area (Å²) in [6, 6.07) is 17.5. The zero-order valence-corrected chi connectivity index (χ0v) is 15.5. The molecule has 1 aliphatic rings. The summed E-state index contributed by atoms with van der Waals surface area (Å²) in [6.07, 6.45) is 1.88. The van der Waals surface area contributed by atoms with Crippen molar-refractivity contribution in [2.24, 2.45) is 0 Å². The number of hydrogen-bond donors (Lipinski definition) is 2. The Morgan fingerprint density at radius 2 is 1.78 bits per heavy atom. The Labute approximate surface area is 160 Å². The van der Waals surface area contributed by atoms with Gasteiger partial charge < -0.3 is 19.8 Å². The van der Waals surface area contributed by atoms with Crippen molar-refractivity contribution in [3.63, 3.8) is 0 Å². The smallest absolute Gasteiger partial charge is 0.227 e. The SMILES string of the molecule is O=C(Cc1ccccc1OCc1ccccc1)N1CCC[C@@](O)(CO)CC1. The number of para-hydroxylation sites is 1. The highest BCUT2D eigenvalue weighted by molar-refractivity contribution is 5.79. The van der Waals surface area contributed by atoms with Crippen molar-refractivity contribution in [2.75, 3.05) is 19.7 Å². The zero-order chi connectivity index (χ0) is 19.1. The van der Waals surface area contributed by atoms with Gasteiger partial charge in [-0.2, -0.15) is 0 Å². The quantitative estimate of drug-likeness (QED) is 0.821. The van der Waals surface area contributed by atoms with E-state index in [1.807, 2.05) is 54.6 Å². The van der Waals surface area contributed by atoms with E-state index in [2.05, 4.69) is 0 Å². The van der Waals surface area contributed by atoms with Crippen molar-refractivity contribution < 1.29 is 19.7 Å². The molecule has 0 aliphatic carbocycles. The molecule has 5 nitrogen and oxygen atoms in total. The van der Waals surface area contributed by atoms with Crippen LogP contribution in [0.5, 0.6) is 5.75 Å². The molecule has 0 unspecified atom stereocenters. The lowest BCUT2D eigenvalue weighted by molar-refractivity contribution is -0.130. The number of carbonyl (C=O) groups excluding carboxylic acids is 1. The molecule has 144 valence electrons. The van der Waals surface area contributed by atoms with Gasteiger partial charge in [-0.25, -0.2) is 0 Å². The first kappa shape index (κ1) is 19.4. The Kier molecular flexibility index (Phi) is 6.48. The van der Waals surface area contributed by atoms with Gasteiger partial charge in [0, 0.05) is 18.7 Å². The minimum absolute atomic E-state index is 0.0213. The maximum atomic E-state index is 12.8. The van der Waals surface area contributed by atoms with Gasteiger partial charge in [-0.1, -0.05) is 48.5 Å². The van der Waals surface area contributed by atoms with Gasteiger partial charge in [0.05, 0.1) is 18.6 Å². The van der Waals surface area contributed by atoms with Crippen molar-refractivity contribution in [3.05, 3.63) is 65.7 Å². The average Bonchev–Trinajstić information content (AvgIpc) is 2.90. The van der Waals surface area contributed by atoms with Crippen LogP contribution in [0.15, 0.2) is 54.6 Å². The molecular weight excluding hydrogens is 342 g/mol. The minimum Gasteiger partial charge on any atom is -0.489 e. The summed E-state index contributed by atoms with van der Waals surface area (Å²) in [5, 5.41) is 19.6. The standard InChI is InChI=1S/C22H27NO4/c24-17-22(26)11-6-13-23(14-12-22)21(25)15-19-9-4-5-10-20(19)27-16-18-7-2-1-3-8-18/h1-5,7-10,24,26H,6,11-17H2/t22-/m0/s1. The number of likely N-dealkylation sites (tertiary alicyclic amines) is 1. The fourth-order valence-electron chi connectivity index (χ4n) is 3.39. The van der Waals surface area contributed by atoms with Gasteiger partial charge in [-0.3, -0.25) is 4.79 Å². The molecule has 0 saturated carbocycles. The van der Waals surface area contributed by atoms with E-state index < -0.39 is 5.60 Å². The van der Waals surface area contributed by atoms with Gasteiger partial charge in [-0.15, -0.1) is 0 Å². The van der Waals surface area contributed by atoms with Gasteiger partial charge >= 0.3 is 0 Å². The van der Waals surface area contributed by atoms with Crippen molar-refractivity contribution in [3.8, 4) is 5.75 Å². The predicted molar refractivity (Wildman–Crippen MR) is 103 cm³/mol. The largest absolute Gasteiger partial charge is 0.489 e. The molecule has 1 amide bonds. The number of hydrogen-bond acceptors (Lipinski definition) is 4. The Morgan fingerprint density at radius 3 is 2.56 bits per heavy atom. The van der Waals surface area contributed by atoms with Crippen LogP contribution in [0, 0.1) is 0 Å². The van der Waals surface area contributed by atoms with Crippen molar-refractivity contribution >= 4 is 5.91 Å². The first-order chi connectivity index (χ1) is 13.1. The van der Waals surface area contributed by atoms with Crippen LogP contribution in [0.4, 0.5) is 0 Å². The van der Waals surface area contributed by atoms with Crippen LogP contribution in [-0.2, 0) is 17.8 Å². The van der Waals surface area contributed by atoms with Gasteiger partial charge in [0.15, 0.2) is 0 Å². The summed E-state index contributed by atoms with van der Waals surface area (Å²) in [7, 11) is 0. The number of carbonyl (C=O) groups is 1. The summed E-state index contributed by atoms with van der Waals surface area (Å²) >= 11 is 0. The highest BCUT2D eigenvalue weighted by Gasteiger charge is 2.30. The second-order valence-electron chi connectivity index (χ2n) is 7.18. The molecule has 0 spiro atoms. The van der Waals surface area contributed by atoms with Crippen LogP contribution >= 0.6 is 0 Å². The molecule has 1 atom stereocenters. The fraction of sp³-hybridized carbons (Fsp3) is 0.409. The van der Waals surface area contributed by atoms with E-state index in [0.717, 1.165) is 16.9 Å². The number of amides is 1. The van der Waals surface area contributed by atoms with Crippen molar-refractivity contribution in [2.45, 2.75) is 37.9 Å². The fourth-order valence-corrected chi connectivity index (χ4v) is 3.39. The second-order valence-corrected chi connectivity index (χ2v) is 7.18. The molecule has 1 aliphatic heterocycles. The topological polar surface area (TPSA) is 70.0 Å². The Hall–Kier alpha value is -2.37. The third-order valence-electron chi connectivity index (χ3n) is 5.12. The van der Waals surface area contributed by atoms with Crippen molar-refractivity contribution in [1.29, 1.82) is 0 Å². The van der Waals surface area contributed by atoms with Crippen LogP contribution < -0.4 is 4.74 Å². The summed E-state index contributed by atoms with van der Waals surface area (Å²) in [5.74, 6) is 0.740. The predicted octanol–water partition coefficient (Wildman–Crippen LogP) is 2.54. The molecule has 1 fully saturated rings. The maximum Gasteiger partial charge on any atom is 0.227 e. The van der Waals surface area contributed by atoms with E-state index >= 15 is 0 Å². The molecular formula is C22H27NO4. The molecule has 3 rings (SSSR count). The number of rotatable bonds is 6. The normalized spacial score (nSPS) is 20.1. The van der Waals surface area contributed by atoms with Crippen LogP contribution in [0.3, 0.4) is 0 Å². The number of nitrogens with zero attached hydrogens (tertiary/aromatic N) is 1. The van der Waals surface area contributed by atoms with E-state index in [4.69, 9.17) is 4.74 Å². The Balaban J connectivity index is 1.62. The lowest BCUT2D eigenvalue weighted by Crippen LogP contribution is -2.37. The van der Waals surface area contributed by atoms with E-state index in [1.165, 1.54) is 0 Å². The molecule has 1 saturated heterocycles. The van der Waals surface area contributed by atoms with E-state index in [9.17, 15) is 15.0 Å². The zero-order valence-electron chi connectivity index (χ0n) is 15.5. The average molecular weight is 369 g/mol. The third-order valence-corrected chi connectivity index (χ3v) is 5.12. The molecule has 0 radical (unpaired) electrons. The molecule has 5 heteroatoms. The number of ether oxygens (including phenoxy) is 1. The third kappa shape index (κ3) is 5.31. The first-order valence-corrected chi connectivity index (χ1v) is 9.45. The van der Waals surface area contributed by atoms with Gasteiger partial charge in [0.1, 0.15) is 12.4 Å². The molecule has 0 aromatic heterocycles. The highest BCUT2D eigenvalue weighted by atomic mass is 16.5. The monoisotopic (exact) mass is 369 g/mol. The van der Waals surface area contributed by atoms with Crippen LogP contribution in [-0.4, -0.2) is 46.3 Å². The molecule has 2 N–H and O–H groups in total. The number of benzene rings is 2. The first-order valence-electron chi connectivity index (χ1n) is 9.45. The number of aliphatic hydroxyl groups excluding tert-OH is 1. The molecule has 1 heterocycles. The molecule has 27 heavy (non-hydrogen) atoms. The summed E-state index contributed by atoms with van der Waals surface area (Å²) < 4.78 is 5.94. The van der Waals surface area contributed by atoms with E-state index in [1.54, 1.807) is 4.90 Å². The highest BCUT2D eigenvalue weighted by Crippen LogP contribution is 2.24. The van der Waals surface area contributed by atoms with Crippen LogP contribution in [0.2, 0.25) is 0 Å². The Morgan fingerprint density at radius 1 is 1.04 bits per heavy atom. The molecule has 0 bridgehead atoms. The summed E-state index contributed by atoms with van der Waals surface area (Å²) in [5.41, 5.74) is 0.876. The lowest BCUT2D eigenvalue weighted by Gasteiger charge is -2.24. The lowest BCUT2D eigenvalue weighted by atomic mass is 9.96.